The third-order valence-corrected chi connectivity index (χ3v) is 3.82. The summed E-state index contributed by atoms with van der Waals surface area (Å²) >= 11 is 0. The Bertz CT molecular complexity index is 391. The Morgan fingerprint density at radius 1 is 1.15 bits per heavy atom. The SMILES string of the molecule is CCN(C)C(=O)CNC(=O)NC(C)(C)C(C)(C)C(=O)O. The molecule has 0 aromatic heterocycles. The fourth-order valence-corrected chi connectivity index (χ4v) is 1.22. The lowest BCUT2D eigenvalue weighted by Crippen LogP contribution is -2.59. The highest BCUT2D eigenvalue weighted by molar-refractivity contribution is 5.85. The lowest BCUT2D eigenvalue weighted by molar-refractivity contribution is -0.150. The number of carboxylic acid groups (broad SMARTS) is 1. The van der Waals surface area contributed by atoms with Crippen molar-refractivity contribution in [3.8, 4) is 0 Å². The van der Waals surface area contributed by atoms with Crippen molar-refractivity contribution in [1.29, 1.82) is 0 Å². The van der Waals surface area contributed by atoms with Crippen molar-refractivity contribution in [2.24, 2.45) is 5.41 Å². The summed E-state index contributed by atoms with van der Waals surface area (Å²) in [5.41, 5.74) is -2.11. The molecule has 116 valence electrons. The first-order valence-electron chi connectivity index (χ1n) is 6.49. The second kappa shape index (κ2) is 6.58. The molecule has 0 atom stereocenters. The van der Waals surface area contributed by atoms with Crippen molar-refractivity contribution < 1.29 is 19.5 Å². The number of aliphatic carboxylic acids is 1. The van der Waals surface area contributed by atoms with Crippen LogP contribution in [0.15, 0.2) is 0 Å². The number of carbonyl (C=O) groups excluding carboxylic acids is 2. The lowest BCUT2D eigenvalue weighted by atomic mass is 9.74. The van der Waals surface area contributed by atoms with Crippen LogP contribution in [0.1, 0.15) is 34.6 Å². The molecule has 0 aliphatic carbocycles. The van der Waals surface area contributed by atoms with Crippen molar-refractivity contribution >= 4 is 17.9 Å². The third kappa shape index (κ3) is 4.40. The molecule has 0 spiro atoms. The van der Waals surface area contributed by atoms with Crippen LogP contribution in [0.2, 0.25) is 0 Å². The fourth-order valence-electron chi connectivity index (χ4n) is 1.22. The number of hydrogen-bond donors (Lipinski definition) is 3. The maximum Gasteiger partial charge on any atom is 0.315 e. The summed E-state index contributed by atoms with van der Waals surface area (Å²) in [4.78, 5) is 36.0. The van der Waals surface area contributed by atoms with Crippen molar-refractivity contribution in [2.75, 3.05) is 20.1 Å². The monoisotopic (exact) mass is 287 g/mol. The summed E-state index contributed by atoms with van der Waals surface area (Å²) in [5.74, 6) is -1.22. The second-order valence-electron chi connectivity index (χ2n) is 5.77. The maximum atomic E-state index is 11.8. The highest BCUT2D eigenvalue weighted by Crippen LogP contribution is 2.30. The average molecular weight is 287 g/mol. The summed E-state index contributed by atoms with van der Waals surface area (Å²) in [6.45, 7) is 8.58. The van der Waals surface area contributed by atoms with E-state index in [9.17, 15) is 19.5 Å². The van der Waals surface area contributed by atoms with Crippen LogP contribution in [0.5, 0.6) is 0 Å². The van der Waals surface area contributed by atoms with Gasteiger partial charge in [0.2, 0.25) is 5.91 Å². The summed E-state index contributed by atoms with van der Waals surface area (Å²) in [6, 6.07) is -0.567. The Labute approximate surface area is 119 Å². The van der Waals surface area contributed by atoms with E-state index in [1.807, 2.05) is 6.92 Å². The predicted molar refractivity (Wildman–Crippen MR) is 75.3 cm³/mol. The number of rotatable bonds is 6. The highest BCUT2D eigenvalue weighted by atomic mass is 16.4. The van der Waals surface area contributed by atoms with Gasteiger partial charge in [0.25, 0.3) is 0 Å². The molecule has 0 radical (unpaired) electrons. The lowest BCUT2D eigenvalue weighted by Gasteiger charge is -2.38. The van der Waals surface area contributed by atoms with Crippen molar-refractivity contribution in [1.82, 2.24) is 15.5 Å². The summed E-state index contributed by atoms with van der Waals surface area (Å²) in [7, 11) is 1.64. The number of carboxylic acids is 1. The molecule has 3 N–H and O–H groups in total. The van der Waals surface area contributed by atoms with Crippen LogP contribution in [0, 0.1) is 5.41 Å². The molecular weight excluding hydrogens is 262 g/mol. The predicted octanol–water partition coefficient (Wildman–Crippen LogP) is 0.653. The van der Waals surface area contributed by atoms with Gasteiger partial charge >= 0.3 is 12.0 Å². The van der Waals surface area contributed by atoms with Gasteiger partial charge in [-0.1, -0.05) is 0 Å². The molecule has 0 aliphatic rings. The number of urea groups is 1. The molecule has 0 saturated heterocycles. The number of nitrogens with zero attached hydrogens (tertiary/aromatic N) is 1. The molecule has 0 unspecified atom stereocenters. The van der Waals surface area contributed by atoms with Crippen molar-refractivity contribution in [2.45, 2.75) is 40.2 Å². The summed E-state index contributed by atoms with van der Waals surface area (Å²) in [6.07, 6.45) is 0. The zero-order chi connectivity index (χ0) is 16.1. The minimum Gasteiger partial charge on any atom is -0.481 e. The van der Waals surface area contributed by atoms with Gasteiger partial charge in [0, 0.05) is 13.6 Å². The molecule has 0 rings (SSSR count). The van der Waals surface area contributed by atoms with Gasteiger partial charge in [-0.15, -0.1) is 0 Å². The van der Waals surface area contributed by atoms with Gasteiger partial charge in [0.15, 0.2) is 0 Å². The standard InChI is InChI=1S/C13H25N3O4/c1-7-16(6)9(17)8-14-11(20)15-13(4,5)12(2,3)10(18)19/h7-8H2,1-6H3,(H,18,19)(H2,14,15,20). The maximum absolute atomic E-state index is 11.8. The second-order valence-corrected chi connectivity index (χ2v) is 5.77. The van der Waals surface area contributed by atoms with E-state index in [4.69, 9.17) is 0 Å². The van der Waals surface area contributed by atoms with Crippen LogP contribution in [-0.4, -0.2) is 53.6 Å². The van der Waals surface area contributed by atoms with E-state index in [1.54, 1.807) is 20.9 Å². The van der Waals surface area contributed by atoms with Crippen LogP contribution in [0.25, 0.3) is 0 Å². The van der Waals surface area contributed by atoms with Crippen LogP contribution in [0.3, 0.4) is 0 Å². The smallest absolute Gasteiger partial charge is 0.315 e. The zero-order valence-electron chi connectivity index (χ0n) is 13.0. The van der Waals surface area contributed by atoms with Crippen molar-refractivity contribution in [3.63, 3.8) is 0 Å². The Hall–Kier alpha value is -1.79. The van der Waals surface area contributed by atoms with E-state index in [0.717, 1.165) is 0 Å². The Kier molecular flexibility index (Phi) is 5.99. The highest BCUT2D eigenvalue weighted by Gasteiger charge is 2.44. The van der Waals surface area contributed by atoms with Crippen LogP contribution >= 0.6 is 0 Å². The first-order valence-corrected chi connectivity index (χ1v) is 6.49. The van der Waals surface area contributed by atoms with E-state index < -0.39 is 23.0 Å². The molecule has 3 amide bonds. The van der Waals surface area contributed by atoms with Gasteiger partial charge < -0.3 is 20.6 Å². The summed E-state index contributed by atoms with van der Waals surface area (Å²) in [5, 5.41) is 14.2. The molecule has 7 nitrogen and oxygen atoms in total. The minimum atomic E-state index is -1.14. The molecule has 20 heavy (non-hydrogen) atoms. The Balaban J connectivity index is 4.55. The van der Waals surface area contributed by atoms with Gasteiger partial charge in [-0.05, 0) is 34.6 Å². The normalized spacial score (nSPS) is 11.7. The van der Waals surface area contributed by atoms with Crippen LogP contribution in [0.4, 0.5) is 4.79 Å². The topological polar surface area (TPSA) is 98.7 Å². The number of amides is 3. The summed E-state index contributed by atoms with van der Waals surface area (Å²) < 4.78 is 0. The van der Waals surface area contributed by atoms with Crippen molar-refractivity contribution in [3.05, 3.63) is 0 Å². The molecule has 0 saturated carbocycles. The molecule has 0 aliphatic heterocycles. The molecule has 0 bridgehead atoms. The van der Waals surface area contributed by atoms with Gasteiger partial charge in [-0.2, -0.15) is 0 Å². The van der Waals surface area contributed by atoms with E-state index in [-0.39, 0.29) is 12.5 Å². The quantitative estimate of drug-likeness (QED) is 0.668. The minimum absolute atomic E-state index is 0.125. The van der Waals surface area contributed by atoms with Gasteiger partial charge in [-0.3, -0.25) is 9.59 Å². The van der Waals surface area contributed by atoms with Gasteiger partial charge in [0.1, 0.15) is 0 Å². The van der Waals surface area contributed by atoms with E-state index in [1.165, 1.54) is 18.7 Å². The molecule has 0 aromatic carbocycles. The van der Waals surface area contributed by atoms with E-state index in [0.29, 0.717) is 6.54 Å². The van der Waals surface area contributed by atoms with Crippen LogP contribution < -0.4 is 10.6 Å². The molecule has 7 heteroatoms. The van der Waals surface area contributed by atoms with Gasteiger partial charge in [0.05, 0.1) is 17.5 Å². The zero-order valence-corrected chi connectivity index (χ0v) is 13.0. The van der Waals surface area contributed by atoms with Gasteiger partial charge in [-0.25, -0.2) is 4.79 Å². The first kappa shape index (κ1) is 18.2. The van der Waals surface area contributed by atoms with Crippen LogP contribution in [-0.2, 0) is 9.59 Å². The number of carbonyl (C=O) groups is 3. The molecular formula is C13H25N3O4. The number of likely N-dealkylation sites (N-methyl/N-ethyl adjacent to an activating group) is 1. The molecule has 0 aromatic rings. The first-order chi connectivity index (χ1) is 8.95. The Morgan fingerprint density at radius 2 is 1.65 bits per heavy atom. The number of nitrogens with one attached hydrogen (secondary N) is 2. The van der Waals surface area contributed by atoms with E-state index >= 15 is 0 Å². The molecule has 0 fully saturated rings. The van der Waals surface area contributed by atoms with E-state index in [2.05, 4.69) is 10.6 Å². The fraction of sp³-hybridized carbons (Fsp3) is 0.769. The number of hydrogen-bond acceptors (Lipinski definition) is 3. The Morgan fingerprint density at radius 3 is 2.05 bits per heavy atom. The largest absolute Gasteiger partial charge is 0.481 e. The average Bonchev–Trinajstić information content (AvgIpc) is 2.33. The third-order valence-electron chi connectivity index (χ3n) is 3.82. The molecule has 0 heterocycles.